The highest BCUT2D eigenvalue weighted by Crippen LogP contribution is 2.13. The molecule has 23 heavy (non-hydrogen) atoms. The number of nitrogens with zero attached hydrogens (tertiary/aromatic N) is 3. The van der Waals surface area contributed by atoms with Gasteiger partial charge < -0.3 is 10.0 Å². The second-order valence-corrected chi connectivity index (χ2v) is 5.25. The van der Waals surface area contributed by atoms with Crippen molar-refractivity contribution in [3.8, 4) is 0 Å². The number of rotatable bonds is 7. The van der Waals surface area contributed by atoms with Gasteiger partial charge in [-0.05, 0) is 25.0 Å². The number of aromatic nitrogens is 2. The lowest BCUT2D eigenvalue weighted by Gasteiger charge is -2.21. The molecule has 1 aromatic heterocycles. The Labute approximate surface area is 133 Å². The minimum Gasteiger partial charge on any atom is -0.396 e. The molecule has 1 N–H and O–H groups in total. The van der Waals surface area contributed by atoms with Crippen molar-refractivity contribution in [2.75, 3.05) is 13.2 Å². The Balaban J connectivity index is 2.15. The van der Waals surface area contributed by atoms with Gasteiger partial charge in [-0.3, -0.25) is 4.79 Å². The summed E-state index contributed by atoms with van der Waals surface area (Å²) in [6.45, 7) is -0.205. The van der Waals surface area contributed by atoms with Crippen molar-refractivity contribution in [1.29, 1.82) is 0 Å². The molecule has 0 radical (unpaired) electrons. The third-order valence-corrected chi connectivity index (χ3v) is 3.39. The highest BCUT2D eigenvalue weighted by atomic mass is 19.3. The number of carbonyl (C=O) groups is 1. The van der Waals surface area contributed by atoms with Gasteiger partial charge in [-0.15, -0.1) is 0 Å². The average Bonchev–Trinajstić information content (AvgIpc) is 3.03. The molecule has 0 atom stereocenters. The Kier molecular flexibility index (Phi) is 5.81. The number of aliphatic hydroxyl groups is 1. The zero-order chi connectivity index (χ0) is 16.8. The van der Waals surface area contributed by atoms with Gasteiger partial charge in [0.25, 0.3) is 5.91 Å². The first-order valence-corrected chi connectivity index (χ1v) is 7.30. The second-order valence-electron chi connectivity index (χ2n) is 5.25. The Morgan fingerprint density at radius 3 is 2.57 bits per heavy atom. The summed E-state index contributed by atoms with van der Waals surface area (Å²) < 4.78 is 25.6. The van der Waals surface area contributed by atoms with E-state index >= 15 is 0 Å². The van der Waals surface area contributed by atoms with Crippen molar-refractivity contribution in [2.45, 2.75) is 26.4 Å². The van der Waals surface area contributed by atoms with Crippen molar-refractivity contribution in [1.82, 2.24) is 14.7 Å². The first-order chi connectivity index (χ1) is 11.0. The van der Waals surface area contributed by atoms with Gasteiger partial charge >= 0.3 is 6.55 Å². The van der Waals surface area contributed by atoms with Gasteiger partial charge in [-0.1, -0.05) is 29.8 Å². The number of aryl methyl sites for hydroxylation is 1. The second kappa shape index (κ2) is 7.82. The number of carbonyl (C=O) groups excluding carboxylic acids is 1. The Morgan fingerprint density at radius 1 is 1.30 bits per heavy atom. The van der Waals surface area contributed by atoms with E-state index in [9.17, 15) is 13.6 Å². The molecule has 2 aromatic rings. The van der Waals surface area contributed by atoms with Crippen LogP contribution in [0.4, 0.5) is 8.78 Å². The molecule has 2 rings (SSSR count). The molecule has 0 aliphatic rings. The van der Waals surface area contributed by atoms with Gasteiger partial charge in [0, 0.05) is 25.9 Å². The number of benzene rings is 1. The fraction of sp³-hybridized carbons (Fsp3) is 0.375. The van der Waals surface area contributed by atoms with Crippen molar-refractivity contribution >= 4 is 5.91 Å². The van der Waals surface area contributed by atoms with Crippen LogP contribution in [0.5, 0.6) is 0 Å². The van der Waals surface area contributed by atoms with E-state index in [1.165, 1.54) is 11.0 Å². The van der Waals surface area contributed by atoms with Crippen molar-refractivity contribution < 1.29 is 18.7 Å². The van der Waals surface area contributed by atoms with Crippen molar-refractivity contribution in [3.05, 3.63) is 53.3 Å². The van der Waals surface area contributed by atoms with Gasteiger partial charge in [-0.2, -0.15) is 13.9 Å². The van der Waals surface area contributed by atoms with E-state index in [-0.39, 0.29) is 12.3 Å². The van der Waals surface area contributed by atoms with Crippen LogP contribution in [0.25, 0.3) is 0 Å². The van der Waals surface area contributed by atoms with E-state index < -0.39 is 12.5 Å². The predicted molar refractivity (Wildman–Crippen MR) is 81.1 cm³/mol. The smallest absolute Gasteiger partial charge is 0.333 e. The lowest BCUT2D eigenvalue weighted by atomic mass is 10.1. The van der Waals surface area contributed by atoms with Crippen molar-refractivity contribution in [3.63, 3.8) is 0 Å². The Bertz CT molecular complexity index is 641. The molecule has 0 saturated heterocycles. The molecule has 0 saturated carbocycles. The molecule has 1 amide bonds. The third-order valence-electron chi connectivity index (χ3n) is 3.39. The van der Waals surface area contributed by atoms with Gasteiger partial charge in [0.05, 0.1) is 0 Å². The van der Waals surface area contributed by atoms with E-state index in [1.807, 2.05) is 31.2 Å². The number of alkyl halides is 2. The summed E-state index contributed by atoms with van der Waals surface area (Å²) in [5, 5.41) is 12.6. The molecule has 0 aliphatic heterocycles. The highest BCUT2D eigenvalue weighted by molar-refractivity contribution is 5.92. The molecule has 7 heteroatoms. The van der Waals surface area contributed by atoms with Crippen LogP contribution >= 0.6 is 0 Å². The number of amides is 1. The fourth-order valence-electron chi connectivity index (χ4n) is 2.15. The molecule has 0 spiro atoms. The molecular weight excluding hydrogens is 304 g/mol. The van der Waals surface area contributed by atoms with Crippen LogP contribution in [0.1, 0.15) is 34.6 Å². The lowest BCUT2D eigenvalue weighted by Crippen LogP contribution is -2.32. The van der Waals surface area contributed by atoms with Crippen LogP contribution in [0, 0.1) is 6.92 Å². The first kappa shape index (κ1) is 17.1. The van der Waals surface area contributed by atoms with Crippen molar-refractivity contribution in [2.24, 2.45) is 0 Å². The van der Waals surface area contributed by atoms with E-state index in [2.05, 4.69) is 5.10 Å². The zero-order valence-electron chi connectivity index (χ0n) is 12.8. The molecule has 0 unspecified atom stereocenters. The maximum Gasteiger partial charge on any atom is 0.333 e. The van der Waals surface area contributed by atoms with Gasteiger partial charge in [-0.25, -0.2) is 4.68 Å². The van der Waals surface area contributed by atoms with Gasteiger partial charge in [0.1, 0.15) is 0 Å². The molecular formula is C16H19F2N3O2. The number of hydrogen-bond acceptors (Lipinski definition) is 3. The average molecular weight is 323 g/mol. The molecule has 124 valence electrons. The van der Waals surface area contributed by atoms with Crippen LogP contribution in [-0.4, -0.2) is 38.8 Å². The van der Waals surface area contributed by atoms with Crippen LogP contribution in [-0.2, 0) is 6.54 Å². The van der Waals surface area contributed by atoms with Crippen LogP contribution in [0.2, 0.25) is 0 Å². The van der Waals surface area contributed by atoms with Crippen LogP contribution in [0.3, 0.4) is 0 Å². The topological polar surface area (TPSA) is 58.4 Å². The molecule has 0 fully saturated rings. The molecule has 5 nitrogen and oxygen atoms in total. The standard InChI is InChI=1S/C16H19F2N3O2/c1-12-3-5-13(6-4-12)11-20(8-2-10-22)15(23)14-7-9-21(19-14)16(17)18/h3-7,9,16,22H,2,8,10-11H2,1H3. The number of halogens is 2. The summed E-state index contributed by atoms with van der Waals surface area (Å²) in [6, 6.07) is 8.97. The number of hydrogen-bond donors (Lipinski definition) is 1. The van der Waals surface area contributed by atoms with E-state index in [0.29, 0.717) is 24.2 Å². The summed E-state index contributed by atoms with van der Waals surface area (Å²) in [5.41, 5.74) is 2.00. The Morgan fingerprint density at radius 2 is 2.00 bits per heavy atom. The quantitative estimate of drug-likeness (QED) is 0.852. The van der Waals surface area contributed by atoms with E-state index in [1.54, 1.807) is 0 Å². The zero-order valence-corrected chi connectivity index (χ0v) is 12.8. The minimum absolute atomic E-state index is 0.0321. The Hall–Kier alpha value is -2.28. The molecule has 0 bridgehead atoms. The number of aliphatic hydroxyl groups excluding tert-OH is 1. The normalized spacial score (nSPS) is 11.0. The first-order valence-electron chi connectivity index (χ1n) is 7.30. The summed E-state index contributed by atoms with van der Waals surface area (Å²) in [7, 11) is 0. The van der Waals surface area contributed by atoms with Crippen LogP contribution in [0.15, 0.2) is 36.5 Å². The van der Waals surface area contributed by atoms with E-state index in [4.69, 9.17) is 5.11 Å². The largest absolute Gasteiger partial charge is 0.396 e. The molecule has 1 heterocycles. The lowest BCUT2D eigenvalue weighted by molar-refractivity contribution is 0.0549. The van der Waals surface area contributed by atoms with Gasteiger partial charge in [0.2, 0.25) is 0 Å². The van der Waals surface area contributed by atoms with Crippen LogP contribution < -0.4 is 0 Å². The van der Waals surface area contributed by atoms with Gasteiger partial charge in [0.15, 0.2) is 5.69 Å². The maximum absolute atomic E-state index is 12.6. The van der Waals surface area contributed by atoms with E-state index in [0.717, 1.165) is 17.3 Å². The minimum atomic E-state index is -2.78. The fourth-order valence-corrected chi connectivity index (χ4v) is 2.15. The summed E-state index contributed by atoms with van der Waals surface area (Å²) in [6.07, 6.45) is 1.49. The summed E-state index contributed by atoms with van der Waals surface area (Å²) in [5.74, 6) is -0.432. The molecule has 1 aromatic carbocycles. The summed E-state index contributed by atoms with van der Waals surface area (Å²) >= 11 is 0. The third kappa shape index (κ3) is 4.59. The maximum atomic E-state index is 12.6. The monoisotopic (exact) mass is 323 g/mol. The highest BCUT2D eigenvalue weighted by Gasteiger charge is 2.20. The summed E-state index contributed by atoms with van der Waals surface area (Å²) in [4.78, 5) is 14.0. The molecule has 0 aliphatic carbocycles. The predicted octanol–water partition coefficient (Wildman–Crippen LogP) is 2.61. The SMILES string of the molecule is Cc1ccc(CN(CCCO)C(=O)c2ccn(C(F)F)n2)cc1.